The van der Waals surface area contributed by atoms with E-state index < -0.39 is 10.5 Å². The van der Waals surface area contributed by atoms with Crippen molar-refractivity contribution in [2.45, 2.75) is 39.3 Å². The second-order valence-corrected chi connectivity index (χ2v) is 7.00. The van der Waals surface area contributed by atoms with E-state index in [1.807, 2.05) is 6.07 Å². The Hall–Kier alpha value is -3.71. The number of nitriles is 1. The second-order valence-electron chi connectivity index (χ2n) is 7.00. The molecule has 1 aromatic carbocycles. The van der Waals surface area contributed by atoms with Gasteiger partial charge in [-0.3, -0.25) is 19.5 Å². The van der Waals surface area contributed by atoms with Crippen LogP contribution in [-0.4, -0.2) is 40.1 Å². The summed E-state index contributed by atoms with van der Waals surface area (Å²) in [7, 11) is 0. The maximum absolute atomic E-state index is 12.7. The Kier molecular flexibility index (Phi) is 6.67. The summed E-state index contributed by atoms with van der Waals surface area (Å²) in [6.07, 6.45) is 2.57. The molecule has 2 aromatic rings. The van der Waals surface area contributed by atoms with Gasteiger partial charge in [-0.25, -0.2) is 4.99 Å². The number of benzene rings is 1. The number of aromatic nitrogens is 1. The number of nitro groups is 1. The molecule has 0 amide bonds. The number of hydrogen-bond acceptors (Lipinski definition) is 8. The van der Waals surface area contributed by atoms with Crippen LogP contribution in [0, 0.1) is 28.4 Å². The van der Waals surface area contributed by atoms with Crippen molar-refractivity contribution in [1.29, 1.82) is 5.26 Å². The number of rotatable bonds is 7. The van der Waals surface area contributed by atoms with Gasteiger partial charge in [-0.05, 0) is 44.4 Å². The van der Waals surface area contributed by atoms with Gasteiger partial charge in [0.25, 0.3) is 11.2 Å². The van der Waals surface area contributed by atoms with Crippen LogP contribution in [0.1, 0.15) is 36.5 Å². The molecule has 1 aliphatic heterocycles. The van der Waals surface area contributed by atoms with Gasteiger partial charge < -0.3 is 14.6 Å². The van der Waals surface area contributed by atoms with Crippen molar-refractivity contribution in [3.05, 3.63) is 55.4 Å². The van der Waals surface area contributed by atoms with Crippen molar-refractivity contribution in [1.82, 2.24) is 4.57 Å². The fourth-order valence-electron chi connectivity index (χ4n) is 3.44. The van der Waals surface area contributed by atoms with Crippen LogP contribution in [0.15, 0.2) is 28.0 Å². The molecule has 162 valence electrons. The van der Waals surface area contributed by atoms with Crippen LogP contribution in [0.25, 0.3) is 0 Å². The van der Waals surface area contributed by atoms with Crippen molar-refractivity contribution in [3.63, 3.8) is 0 Å². The number of ether oxygens (including phenoxy) is 2. The third-order valence-electron chi connectivity index (χ3n) is 5.04. The highest BCUT2D eigenvalue weighted by molar-refractivity contribution is 5.88. The van der Waals surface area contributed by atoms with Gasteiger partial charge in [0.15, 0.2) is 0 Å². The average molecular weight is 426 g/mol. The first-order chi connectivity index (χ1) is 14.9. The lowest BCUT2D eigenvalue weighted by Gasteiger charge is -2.17. The van der Waals surface area contributed by atoms with Gasteiger partial charge in [0, 0.05) is 12.8 Å². The molecule has 10 nitrogen and oxygen atoms in total. The lowest BCUT2D eigenvalue weighted by Crippen LogP contribution is -2.29. The molecule has 3 rings (SSSR count). The van der Waals surface area contributed by atoms with E-state index in [1.54, 1.807) is 13.0 Å². The Morgan fingerprint density at radius 1 is 1.52 bits per heavy atom. The van der Waals surface area contributed by atoms with Crippen molar-refractivity contribution in [3.8, 4) is 17.7 Å². The Labute approximate surface area is 178 Å². The maximum atomic E-state index is 12.7. The maximum Gasteiger partial charge on any atom is 0.298 e. The molecule has 1 fully saturated rings. The Bertz CT molecular complexity index is 1130. The molecule has 0 saturated carbocycles. The number of nitro benzene ring substituents is 1. The molecule has 1 saturated heterocycles. The summed E-state index contributed by atoms with van der Waals surface area (Å²) in [4.78, 5) is 27.7. The second kappa shape index (κ2) is 9.40. The van der Waals surface area contributed by atoms with E-state index >= 15 is 0 Å². The first-order valence-electron chi connectivity index (χ1n) is 9.80. The van der Waals surface area contributed by atoms with Crippen LogP contribution in [0.5, 0.6) is 11.6 Å². The van der Waals surface area contributed by atoms with Gasteiger partial charge in [0.05, 0.1) is 35.8 Å². The quantitative estimate of drug-likeness (QED) is 0.408. The number of hydrogen-bond donors (Lipinski definition) is 1. The highest BCUT2D eigenvalue weighted by atomic mass is 16.6. The Morgan fingerprint density at radius 2 is 2.29 bits per heavy atom. The molecule has 1 atom stereocenters. The lowest BCUT2D eigenvalue weighted by molar-refractivity contribution is -0.384. The highest BCUT2D eigenvalue weighted by Gasteiger charge is 2.23. The van der Waals surface area contributed by atoms with Crippen LogP contribution >= 0.6 is 0 Å². The molecule has 1 unspecified atom stereocenters. The fourth-order valence-corrected chi connectivity index (χ4v) is 3.44. The molecule has 2 heterocycles. The molecule has 10 heteroatoms. The molecular weight excluding hydrogens is 404 g/mol. The van der Waals surface area contributed by atoms with E-state index in [-0.39, 0.29) is 46.6 Å². The predicted molar refractivity (Wildman–Crippen MR) is 112 cm³/mol. The third-order valence-corrected chi connectivity index (χ3v) is 5.04. The molecule has 1 aliphatic rings. The summed E-state index contributed by atoms with van der Waals surface area (Å²) in [5.74, 6) is -0.0293. The van der Waals surface area contributed by atoms with Gasteiger partial charge in [-0.2, -0.15) is 5.26 Å². The van der Waals surface area contributed by atoms with Gasteiger partial charge in [-0.15, -0.1) is 0 Å². The average Bonchev–Trinajstić information content (AvgIpc) is 3.25. The minimum atomic E-state index is -0.614. The molecule has 1 aromatic heterocycles. The smallest absolute Gasteiger partial charge is 0.298 e. The number of pyridine rings is 1. The zero-order valence-corrected chi connectivity index (χ0v) is 17.2. The molecule has 31 heavy (non-hydrogen) atoms. The number of aliphatic imine (C=N–C) groups is 1. The zero-order chi connectivity index (χ0) is 22.5. The van der Waals surface area contributed by atoms with Crippen LogP contribution in [0.3, 0.4) is 0 Å². The van der Waals surface area contributed by atoms with E-state index in [0.29, 0.717) is 19.0 Å². The van der Waals surface area contributed by atoms with Gasteiger partial charge in [-0.1, -0.05) is 0 Å². The number of aromatic hydroxyl groups is 1. The van der Waals surface area contributed by atoms with Crippen LogP contribution < -0.4 is 10.3 Å². The van der Waals surface area contributed by atoms with Crippen molar-refractivity contribution in [2.24, 2.45) is 4.99 Å². The molecule has 0 spiro atoms. The lowest BCUT2D eigenvalue weighted by atomic mass is 10.1. The first kappa shape index (κ1) is 22.0. The zero-order valence-electron chi connectivity index (χ0n) is 17.2. The third kappa shape index (κ3) is 4.57. The van der Waals surface area contributed by atoms with Crippen LogP contribution in [-0.2, 0) is 11.3 Å². The monoisotopic (exact) mass is 426 g/mol. The van der Waals surface area contributed by atoms with E-state index in [2.05, 4.69) is 4.99 Å². The molecule has 0 radical (unpaired) electrons. The first-order valence-corrected chi connectivity index (χ1v) is 9.80. The molecular formula is C21H22N4O6. The SMILES string of the molecule is CCOc1ccc(N=Cc2c(C)c(C#N)c(=O)n(CC3CCCO3)c2O)c([N+](=O)[O-])c1. The Morgan fingerprint density at radius 3 is 2.90 bits per heavy atom. The van der Waals surface area contributed by atoms with Gasteiger partial charge >= 0.3 is 0 Å². The number of nitrogens with zero attached hydrogens (tertiary/aromatic N) is 4. The van der Waals surface area contributed by atoms with Crippen molar-refractivity contribution in [2.75, 3.05) is 13.2 Å². The minimum absolute atomic E-state index is 0.0441. The summed E-state index contributed by atoms with van der Waals surface area (Å²) < 4.78 is 11.9. The van der Waals surface area contributed by atoms with Gasteiger partial charge in [0.2, 0.25) is 5.88 Å². The van der Waals surface area contributed by atoms with E-state index in [9.17, 15) is 25.3 Å². The summed E-state index contributed by atoms with van der Waals surface area (Å²) in [6.45, 7) is 4.32. The molecule has 0 bridgehead atoms. The standard InChI is InChI=1S/C21H22N4O6/c1-3-30-14-6-7-18(19(9-14)25(28)29)23-11-17-13(2)16(10-22)20(26)24(21(17)27)12-15-5-4-8-31-15/h6-7,9,11,15,27H,3-5,8,12H2,1-2H3. The van der Waals surface area contributed by atoms with E-state index in [0.717, 1.165) is 17.4 Å². The normalized spacial score (nSPS) is 15.8. The van der Waals surface area contributed by atoms with Crippen LogP contribution in [0.2, 0.25) is 0 Å². The summed E-state index contributed by atoms with van der Waals surface area (Å²) >= 11 is 0. The topological polar surface area (TPSA) is 140 Å². The summed E-state index contributed by atoms with van der Waals surface area (Å²) in [5, 5.41) is 31.7. The fraction of sp³-hybridized carbons (Fsp3) is 0.381. The van der Waals surface area contributed by atoms with E-state index in [4.69, 9.17) is 9.47 Å². The van der Waals surface area contributed by atoms with Crippen molar-refractivity contribution >= 4 is 17.6 Å². The predicted octanol–water partition coefficient (Wildman–Crippen LogP) is 2.97. The molecule has 0 aliphatic carbocycles. The molecule has 1 N–H and O–H groups in total. The van der Waals surface area contributed by atoms with E-state index in [1.165, 1.54) is 25.3 Å². The highest BCUT2D eigenvalue weighted by Crippen LogP contribution is 2.32. The largest absolute Gasteiger partial charge is 0.494 e. The van der Waals surface area contributed by atoms with Gasteiger partial charge in [0.1, 0.15) is 23.1 Å². The summed E-state index contributed by atoms with van der Waals surface area (Å²) in [6, 6.07) is 6.12. The summed E-state index contributed by atoms with van der Waals surface area (Å²) in [5.41, 5.74) is -0.589. The van der Waals surface area contributed by atoms with Crippen molar-refractivity contribution < 1.29 is 19.5 Å². The Balaban J connectivity index is 2.07. The minimum Gasteiger partial charge on any atom is -0.494 e. The van der Waals surface area contributed by atoms with Crippen LogP contribution in [0.4, 0.5) is 11.4 Å².